The van der Waals surface area contributed by atoms with Gasteiger partial charge in [-0.1, -0.05) is 6.92 Å². The number of nitrogens with one attached hydrogen (secondary N) is 1. The number of likely N-dealkylation sites (tertiary alicyclic amines) is 1. The van der Waals surface area contributed by atoms with Crippen LogP contribution in [0.4, 0.5) is 0 Å². The van der Waals surface area contributed by atoms with E-state index in [1.54, 1.807) is 0 Å². The summed E-state index contributed by atoms with van der Waals surface area (Å²) in [5, 5.41) is 3.51. The fourth-order valence-corrected chi connectivity index (χ4v) is 3.10. The second-order valence-corrected chi connectivity index (χ2v) is 6.51. The summed E-state index contributed by atoms with van der Waals surface area (Å²) in [4.78, 5) is 9.16. The molecular formula is C17H31N5. The summed E-state index contributed by atoms with van der Waals surface area (Å²) in [6.45, 7) is 7.88. The molecule has 1 unspecified atom stereocenters. The van der Waals surface area contributed by atoms with E-state index in [1.165, 1.54) is 38.2 Å². The van der Waals surface area contributed by atoms with Gasteiger partial charge in [0.1, 0.15) is 0 Å². The van der Waals surface area contributed by atoms with E-state index < -0.39 is 0 Å². The predicted molar refractivity (Wildman–Crippen MR) is 93.1 cm³/mol. The first-order valence-corrected chi connectivity index (χ1v) is 8.34. The molecule has 0 amide bonds. The van der Waals surface area contributed by atoms with Crippen LogP contribution in [0.2, 0.25) is 0 Å². The van der Waals surface area contributed by atoms with Gasteiger partial charge >= 0.3 is 0 Å². The van der Waals surface area contributed by atoms with Crippen LogP contribution in [0.5, 0.6) is 0 Å². The molecule has 22 heavy (non-hydrogen) atoms. The molecule has 124 valence electrons. The average molecular weight is 305 g/mol. The fourth-order valence-electron chi connectivity index (χ4n) is 3.10. The summed E-state index contributed by atoms with van der Waals surface area (Å²) in [7, 11) is 6.03. The maximum atomic E-state index is 4.41. The topological polar surface area (TPSA) is 35.8 Å². The van der Waals surface area contributed by atoms with Gasteiger partial charge in [0.2, 0.25) is 0 Å². The highest BCUT2D eigenvalue weighted by Crippen LogP contribution is 2.10. The molecule has 1 saturated heterocycles. The summed E-state index contributed by atoms with van der Waals surface area (Å²) in [6, 6.07) is 4.23. The molecule has 1 N–H and O–H groups in total. The van der Waals surface area contributed by atoms with Crippen LogP contribution in [-0.4, -0.2) is 60.6 Å². The molecule has 0 saturated carbocycles. The molecule has 0 bridgehead atoms. The molecule has 0 radical (unpaired) electrons. The Morgan fingerprint density at radius 3 is 2.73 bits per heavy atom. The molecule has 0 spiro atoms. The molecule has 5 nitrogen and oxygen atoms in total. The van der Waals surface area contributed by atoms with Crippen LogP contribution in [0.1, 0.15) is 25.5 Å². The van der Waals surface area contributed by atoms with Gasteiger partial charge in [-0.3, -0.25) is 4.99 Å². The second kappa shape index (κ2) is 8.22. The molecule has 0 aliphatic carbocycles. The second-order valence-electron chi connectivity index (χ2n) is 6.51. The number of aromatic nitrogens is 1. The minimum Gasteiger partial charge on any atom is -0.356 e. The number of hydrogen-bond donors (Lipinski definition) is 1. The van der Waals surface area contributed by atoms with Crippen LogP contribution < -0.4 is 5.32 Å². The molecule has 1 aromatic rings. The van der Waals surface area contributed by atoms with Gasteiger partial charge < -0.3 is 19.7 Å². The van der Waals surface area contributed by atoms with Gasteiger partial charge in [0.05, 0.1) is 6.54 Å². The Hall–Kier alpha value is -1.49. The van der Waals surface area contributed by atoms with Crippen LogP contribution in [0.25, 0.3) is 0 Å². The van der Waals surface area contributed by atoms with Gasteiger partial charge in [0.25, 0.3) is 0 Å². The molecular weight excluding hydrogens is 274 g/mol. The zero-order chi connectivity index (χ0) is 15.9. The smallest absolute Gasteiger partial charge is 0.193 e. The van der Waals surface area contributed by atoms with E-state index in [1.807, 2.05) is 7.05 Å². The van der Waals surface area contributed by atoms with Crippen molar-refractivity contribution in [1.29, 1.82) is 0 Å². The van der Waals surface area contributed by atoms with Gasteiger partial charge in [-0.2, -0.15) is 0 Å². The van der Waals surface area contributed by atoms with Gasteiger partial charge in [-0.25, -0.2) is 0 Å². The molecule has 1 aromatic heterocycles. The third-order valence-electron chi connectivity index (χ3n) is 4.40. The highest BCUT2D eigenvalue weighted by atomic mass is 15.3. The van der Waals surface area contributed by atoms with Gasteiger partial charge in [0, 0.05) is 46.1 Å². The number of guanidine groups is 1. The highest BCUT2D eigenvalue weighted by molar-refractivity contribution is 5.79. The number of aryl methyl sites for hydroxylation is 1. The highest BCUT2D eigenvalue weighted by Gasteiger charge is 2.15. The van der Waals surface area contributed by atoms with E-state index in [4.69, 9.17) is 0 Å². The molecule has 1 fully saturated rings. The van der Waals surface area contributed by atoms with Crippen molar-refractivity contribution in [2.24, 2.45) is 18.0 Å². The summed E-state index contributed by atoms with van der Waals surface area (Å²) >= 11 is 0. The first kappa shape index (κ1) is 16.9. The Morgan fingerprint density at radius 2 is 2.14 bits per heavy atom. The van der Waals surface area contributed by atoms with Crippen molar-refractivity contribution >= 4 is 5.96 Å². The van der Waals surface area contributed by atoms with Crippen molar-refractivity contribution in [3.05, 3.63) is 24.0 Å². The van der Waals surface area contributed by atoms with Gasteiger partial charge in [-0.05, 0) is 44.0 Å². The Labute approximate surface area is 135 Å². The summed E-state index contributed by atoms with van der Waals surface area (Å²) in [6.07, 6.45) is 4.81. The fraction of sp³-hybridized carbons (Fsp3) is 0.706. The number of rotatable bonds is 6. The van der Waals surface area contributed by atoms with E-state index in [2.05, 4.69) is 64.0 Å². The Balaban J connectivity index is 1.77. The van der Waals surface area contributed by atoms with Crippen molar-refractivity contribution in [3.8, 4) is 0 Å². The predicted octanol–water partition coefficient (Wildman–Crippen LogP) is 1.76. The Bertz CT molecular complexity index is 473. The van der Waals surface area contributed by atoms with E-state index in [9.17, 15) is 0 Å². The van der Waals surface area contributed by atoms with Crippen molar-refractivity contribution < 1.29 is 0 Å². The Morgan fingerprint density at radius 1 is 1.41 bits per heavy atom. The molecule has 2 heterocycles. The lowest BCUT2D eigenvalue weighted by Crippen LogP contribution is -2.42. The lowest BCUT2D eigenvalue weighted by atomic mass is 10.1. The number of hydrogen-bond acceptors (Lipinski definition) is 2. The minimum absolute atomic E-state index is 0.637. The lowest BCUT2D eigenvalue weighted by molar-refractivity contribution is 0.286. The van der Waals surface area contributed by atoms with Crippen molar-refractivity contribution in [1.82, 2.24) is 19.7 Å². The van der Waals surface area contributed by atoms with Crippen molar-refractivity contribution in [2.45, 2.75) is 26.3 Å². The lowest BCUT2D eigenvalue weighted by Gasteiger charge is -2.25. The SMILES string of the molecule is CN=C(NCC(C)CN1CCCC1)N(C)Cc1cccn1C. The van der Waals surface area contributed by atoms with Crippen LogP contribution in [-0.2, 0) is 13.6 Å². The van der Waals surface area contributed by atoms with Gasteiger partial charge in [0.15, 0.2) is 5.96 Å². The maximum Gasteiger partial charge on any atom is 0.193 e. The van der Waals surface area contributed by atoms with Crippen LogP contribution in [0, 0.1) is 5.92 Å². The standard InChI is InChI=1S/C17H31N5/c1-15(13-22-10-5-6-11-22)12-19-17(18-2)21(4)14-16-8-7-9-20(16)3/h7-9,15H,5-6,10-14H2,1-4H3,(H,18,19). The average Bonchev–Trinajstić information content (AvgIpc) is 3.12. The Kier molecular flexibility index (Phi) is 6.31. The zero-order valence-corrected chi connectivity index (χ0v) is 14.5. The minimum atomic E-state index is 0.637. The molecule has 5 heteroatoms. The molecule has 0 aromatic carbocycles. The van der Waals surface area contributed by atoms with E-state index in [0.717, 1.165) is 19.0 Å². The third kappa shape index (κ3) is 4.77. The normalized spacial score (nSPS) is 17.7. The third-order valence-corrected chi connectivity index (χ3v) is 4.40. The van der Waals surface area contributed by atoms with Gasteiger partial charge in [-0.15, -0.1) is 0 Å². The monoisotopic (exact) mass is 305 g/mol. The van der Waals surface area contributed by atoms with Crippen molar-refractivity contribution in [2.75, 3.05) is 40.3 Å². The maximum absolute atomic E-state index is 4.41. The molecule has 1 atom stereocenters. The number of aliphatic imine (C=N–C) groups is 1. The van der Waals surface area contributed by atoms with E-state index in [-0.39, 0.29) is 0 Å². The first-order valence-electron chi connectivity index (χ1n) is 8.34. The van der Waals surface area contributed by atoms with Crippen molar-refractivity contribution in [3.63, 3.8) is 0 Å². The molecule has 1 aliphatic heterocycles. The van der Waals surface area contributed by atoms with E-state index in [0.29, 0.717) is 5.92 Å². The van der Waals surface area contributed by atoms with Crippen LogP contribution in [0.15, 0.2) is 23.3 Å². The van der Waals surface area contributed by atoms with Crippen LogP contribution in [0.3, 0.4) is 0 Å². The molecule has 2 rings (SSSR count). The largest absolute Gasteiger partial charge is 0.356 e. The number of nitrogens with zero attached hydrogens (tertiary/aromatic N) is 4. The first-order chi connectivity index (χ1) is 10.6. The summed E-state index contributed by atoms with van der Waals surface area (Å²) in [5.41, 5.74) is 1.29. The quantitative estimate of drug-likeness (QED) is 0.643. The molecule has 1 aliphatic rings. The summed E-state index contributed by atoms with van der Waals surface area (Å²) in [5.74, 6) is 1.60. The van der Waals surface area contributed by atoms with E-state index >= 15 is 0 Å². The summed E-state index contributed by atoms with van der Waals surface area (Å²) < 4.78 is 2.15. The van der Waals surface area contributed by atoms with Crippen LogP contribution >= 0.6 is 0 Å². The zero-order valence-electron chi connectivity index (χ0n) is 14.5.